The van der Waals surface area contributed by atoms with E-state index < -0.39 is 91.5 Å². The van der Waals surface area contributed by atoms with Crippen molar-refractivity contribution >= 4 is 33.6 Å². The highest BCUT2D eigenvalue weighted by Crippen LogP contribution is 2.45. The molecular weight excluding hydrogens is 1340 g/mol. The maximum Gasteiger partial charge on any atom is 0.472 e. The van der Waals surface area contributed by atoms with Gasteiger partial charge in [-0.2, -0.15) is 0 Å². The number of aliphatic hydroxyl groups is 2. The Balaban J connectivity index is 4.53. The molecule has 16 nitrogen and oxygen atoms in total. The predicted octanol–water partition coefficient (Wildman–Crippen LogP) is 23.7. The number of esters is 3. The maximum atomic E-state index is 13.0. The second-order valence-corrected chi connectivity index (χ2v) is 29.4. The minimum Gasteiger partial charge on any atom is -0.463 e. The third-order valence-electron chi connectivity index (χ3n) is 16.6. The van der Waals surface area contributed by atoms with E-state index in [1.54, 1.807) is 0 Å². The summed E-state index contributed by atoms with van der Waals surface area (Å²) >= 11 is 0. The number of carbonyl (C=O) groups is 3. The largest absolute Gasteiger partial charge is 0.472 e. The molecular formula is C85H144O16P2. The first-order chi connectivity index (χ1) is 50.2. The Bertz CT molecular complexity index is 2450. The third-order valence-corrected chi connectivity index (χ3v) is 18.5. The van der Waals surface area contributed by atoms with Gasteiger partial charge in [0.05, 0.1) is 26.4 Å². The number of rotatable bonds is 75. The molecule has 590 valence electrons. The summed E-state index contributed by atoms with van der Waals surface area (Å²) in [6.45, 7) is 2.44. The van der Waals surface area contributed by atoms with E-state index in [-0.39, 0.29) is 19.3 Å². The lowest BCUT2D eigenvalue weighted by molar-refractivity contribution is -0.161. The number of ether oxygens (including phenoxy) is 3. The smallest absolute Gasteiger partial charge is 0.463 e. The molecule has 0 radical (unpaired) electrons. The van der Waals surface area contributed by atoms with Gasteiger partial charge in [-0.3, -0.25) is 32.5 Å². The van der Waals surface area contributed by atoms with Crippen molar-refractivity contribution in [2.24, 2.45) is 0 Å². The van der Waals surface area contributed by atoms with Gasteiger partial charge in [0.25, 0.3) is 0 Å². The van der Waals surface area contributed by atoms with Gasteiger partial charge >= 0.3 is 33.6 Å². The Kier molecular flexibility index (Phi) is 73.6. The van der Waals surface area contributed by atoms with Crippen LogP contribution in [-0.2, 0) is 55.8 Å². The Morgan fingerprint density at radius 1 is 0.282 bits per heavy atom. The van der Waals surface area contributed by atoms with Crippen LogP contribution in [0.4, 0.5) is 0 Å². The van der Waals surface area contributed by atoms with Gasteiger partial charge in [-0.05, 0) is 122 Å². The van der Waals surface area contributed by atoms with E-state index in [0.717, 1.165) is 173 Å². The van der Waals surface area contributed by atoms with E-state index in [9.17, 15) is 43.5 Å². The van der Waals surface area contributed by atoms with E-state index in [0.29, 0.717) is 19.3 Å². The first kappa shape index (κ1) is 98.4. The first-order valence-corrected chi connectivity index (χ1v) is 43.1. The fourth-order valence-electron chi connectivity index (χ4n) is 10.5. The van der Waals surface area contributed by atoms with Crippen LogP contribution in [-0.4, -0.2) is 95.9 Å². The van der Waals surface area contributed by atoms with E-state index in [2.05, 4.69) is 167 Å². The van der Waals surface area contributed by atoms with Crippen molar-refractivity contribution in [3.63, 3.8) is 0 Å². The van der Waals surface area contributed by atoms with Crippen LogP contribution in [0.3, 0.4) is 0 Å². The van der Waals surface area contributed by atoms with Gasteiger partial charge in [0.1, 0.15) is 25.4 Å². The molecule has 0 fully saturated rings. The number of aliphatic hydroxyl groups excluding tert-OH is 2. The van der Waals surface area contributed by atoms with Gasteiger partial charge in [-0.1, -0.05) is 321 Å². The SMILES string of the molecule is CC/C=C\C/C=C\C/C=C\C/C=C\C/C=C\C/C=C\CCCCCCCCCCCCC(=O)OCC(O)COP(=O)(O)OCC(O)COP(=O)(O)OCC(COC(=O)CCCCCCCC/C=C\C/C=C\C/C=C\C/C=C\C/C=C\C/C=C\CC)OC(=O)CCCCCCCCCCCCCCC. The lowest BCUT2D eigenvalue weighted by Crippen LogP contribution is -2.30. The molecule has 0 saturated carbocycles. The molecule has 0 aliphatic heterocycles. The highest BCUT2D eigenvalue weighted by atomic mass is 31.2. The predicted molar refractivity (Wildman–Crippen MR) is 426 cm³/mol. The van der Waals surface area contributed by atoms with Crippen molar-refractivity contribution < 1.29 is 75.8 Å². The Labute approximate surface area is 626 Å². The van der Waals surface area contributed by atoms with E-state index in [4.69, 9.17) is 32.3 Å². The molecule has 0 aliphatic rings. The summed E-state index contributed by atoms with van der Waals surface area (Å²) in [4.78, 5) is 58.6. The van der Waals surface area contributed by atoms with Gasteiger partial charge in [-0.25, -0.2) is 9.13 Å². The number of hydrogen-bond donors (Lipinski definition) is 4. The van der Waals surface area contributed by atoms with Crippen molar-refractivity contribution in [3.8, 4) is 0 Å². The molecule has 18 heteroatoms. The monoisotopic (exact) mass is 1480 g/mol. The van der Waals surface area contributed by atoms with Crippen molar-refractivity contribution in [2.45, 2.75) is 334 Å². The summed E-state index contributed by atoms with van der Waals surface area (Å²) in [6.07, 6.45) is 94.6. The average molecular weight is 1480 g/mol. The summed E-state index contributed by atoms with van der Waals surface area (Å²) < 4.78 is 61.1. The minimum atomic E-state index is -4.93. The van der Waals surface area contributed by atoms with Gasteiger partial charge in [-0.15, -0.1) is 0 Å². The Morgan fingerprint density at radius 3 is 0.816 bits per heavy atom. The topological polar surface area (TPSA) is 231 Å². The highest BCUT2D eigenvalue weighted by molar-refractivity contribution is 7.47. The molecule has 4 N–H and O–H groups in total. The Hall–Kier alpha value is -4.57. The maximum absolute atomic E-state index is 13.0. The van der Waals surface area contributed by atoms with Crippen LogP contribution in [0.15, 0.2) is 146 Å². The van der Waals surface area contributed by atoms with Gasteiger partial charge in [0, 0.05) is 19.3 Å². The van der Waals surface area contributed by atoms with Crippen LogP contribution in [0.5, 0.6) is 0 Å². The summed E-state index contributed by atoms with van der Waals surface area (Å²) in [7, 11) is -9.80. The second-order valence-electron chi connectivity index (χ2n) is 26.5. The lowest BCUT2D eigenvalue weighted by atomic mass is 10.0. The first-order valence-electron chi connectivity index (χ1n) is 40.1. The molecule has 0 spiro atoms. The third kappa shape index (κ3) is 78.3. The summed E-state index contributed by atoms with van der Waals surface area (Å²) in [6, 6.07) is 0. The van der Waals surface area contributed by atoms with Crippen LogP contribution >= 0.6 is 15.6 Å². The fourth-order valence-corrected chi connectivity index (χ4v) is 12.1. The number of phosphoric acid groups is 2. The molecule has 0 aliphatic carbocycles. The molecule has 0 heterocycles. The second kappa shape index (κ2) is 77.1. The Morgan fingerprint density at radius 2 is 0.515 bits per heavy atom. The van der Waals surface area contributed by atoms with Crippen molar-refractivity contribution in [1.29, 1.82) is 0 Å². The lowest BCUT2D eigenvalue weighted by Gasteiger charge is -2.21. The summed E-state index contributed by atoms with van der Waals surface area (Å²) in [5.74, 6) is -1.59. The van der Waals surface area contributed by atoms with Crippen molar-refractivity contribution in [3.05, 3.63) is 146 Å². The standard InChI is InChI=1S/C85H144O16P2/c1-4-7-10-13-16-19-22-25-27-29-31-33-35-37-38-39-40-42-44-45-47-49-51-54-56-59-62-65-68-71-83(88)95-74-80(86)75-97-102(91,92)98-76-81(87)77-99-103(93,94)100-79-82(101-85(90)73-70-67-64-61-58-53-24-21-18-15-12-9-6-3)78-96-84(89)72-69-66-63-60-57-55-52-50-48-46-43-41-36-34-32-30-28-26-23-20-17-14-11-8-5-2/h7-8,10-11,16-17,19-20,25-28,31-34,37-38,40-43,48,50,80-82,86-87H,4-6,9,12-15,18,21-24,29-30,35-36,39,44-47,49,51-79H2,1-3H3,(H,91,92)(H,93,94)/b10-7-,11-8-,19-16-,20-17-,27-25-,28-26-,33-31-,34-32-,38-37-,42-40-,43-41-,50-48-. The van der Waals surface area contributed by atoms with Crippen molar-refractivity contribution in [2.75, 3.05) is 39.6 Å². The molecule has 0 rings (SSSR count). The van der Waals surface area contributed by atoms with Crippen LogP contribution in [0.1, 0.15) is 316 Å². The van der Waals surface area contributed by atoms with Gasteiger partial charge in [0.15, 0.2) is 6.10 Å². The summed E-state index contributed by atoms with van der Waals surface area (Å²) in [5, 5.41) is 20.6. The van der Waals surface area contributed by atoms with Gasteiger partial charge in [0.2, 0.25) is 0 Å². The quantitative estimate of drug-likeness (QED) is 0.0146. The van der Waals surface area contributed by atoms with E-state index in [1.807, 2.05) is 0 Å². The molecule has 0 aromatic heterocycles. The van der Waals surface area contributed by atoms with Crippen LogP contribution < -0.4 is 0 Å². The normalized spacial score (nSPS) is 14.7. The molecule has 0 aromatic rings. The average Bonchev–Trinajstić information content (AvgIpc) is 0.923. The molecule has 0 bridgehead atoms. The molecule has 0 saturated heterocycles. The summed E-state index contributed by atoms with van der Waals surface area (Å²) in [5.41, 5.74) is 0. The van der Waals surface area contributed by atoms with Crippen molar-refractivity contribution in [1.82, 2.24) is 0 Å². The number of allylic oxidation sites excluding steroid dienone is 24. The number of phosphoric ester groups is 2. The zero-order valence-electron chi connectivity index (χ0n) is 64.4. The van der Waals surface area contributed by atoms with Crippen LogP contribution in [0.2, 0.25) is 0 Å². The minimum absolute atomic E-state index is 0.101. The zero-order valence-corrected chi connectivity index (χ0v) is 66.2. The molecule has 0 amide bonds. The molecule has 0 aromatic carbocycles. The van der Waals surface area contributed by atoms with E-state index in [1.165, 1.54) is 83.5 Å². The highest BCUT2D eigenvalue weighted by Gasteiger charge is 2.29. The van der Waals surface area contributed by atoms with E-state index >= 15 is 0 Å². The fraction of sp³-hybridized carbons (Fsp3) is 0.682. The zero-order chi connectivity index (χ0) is 75.2. The molecule has 5 atom stereocenters. The molecule has 103 heavy (non-hydrogen) atoms. The van der Waals surface area contributed by atoms with Crippen LogP contribution in [0.25, 0.3) is 0 Å². The molecule has 5 unspecified atom stereocenters. The number of carbonyl (C=O) groups excluding carboxylic acids is 3. The van der Waals surface area contributed by atoms with Gasteiger partial charge < -0.3 is 34.2 Å². The number of hydrogen-bond acceptors (Lipinski definition) is 14. The van der Waals surface area contributed by atoms with Crippen LogP contribution in [0, 0.1) is 0 Å². The number of unbranched alkanes of at least 4 members (excludes halogenated alkanes) is 28.